The second-order valence-corrected chi connectivity index (χ2v) is 9.48. The van der Waals surface area contributed by atoms with Gasteiger partial charge < -0.3 is 10.3 Å². The molecule has 8 nitrogen and oxygen atoms in total. The second-order valence-electron chi connectivity index (χ2n) is 6.90. The average Bonchev–Trinajstić information content (AvgIpc) is 3.11. The lowest BCUT2D eigenvalue weighted by Crippen LogP contribution is -2.22. The minimum atomic E-state index is -2.37. The lowest BCUT2D eigenvalue weighted by molar-refractivity contribution is 0.300. The van der Waals surface area contributed by atoms with Crippen molar-refractivity contribution in [3.63, 3.8) is 0 Å². The number of oxime groups is 1. The van der Waals surface area contributed by atoms with Gasteiger partial charge in [0.1, 0.15) is 17.2 Å². The van der Waals surface area contributed by atoms with Crippen molar-refractivity contribution in [3.05, 3.63) is 46.5 Å². The highest BCUT2D eigenvalue weighted by molar-refractivity contribution is 7.92. The van der Waals surface area contributed by atoms with Gasteiger partial charge in [0.25, 0.3) is 0 Å². The third-order valence-corrected chi connectivity index (χ3v) is 6.58. The van der Waals surface area contributed by atoms with E-state index >= 15 is 0 Å². The van der Waals surface area contributed by atoms with Gasteiger partial charge in [-0.25, -0.2) is 13.4 Å². The van der Waals surface area contributed by atoms with Crippen LogP contribution in [0.2, 0.25) is 0 Å². The van der Waals surface area contributed by atoms with Crippen molar-refractivity contribution in [2.45, 2.75) is 31.6 Å². The summed E-state index contributed by atoms with van der Waals surface area (Å²) in [7, 11) is -2.37. The summed E-state index contributed by atoms with van der Waals surface area (Å²) in [5.41, 5.74) is 3.21. The van der Waals surface area contributed by atoms with E-state index < -0.39 is 9.73 Å². The normalized spacial score (nSPS) is 18.2. The molecule has 152 valence electrons. The maximum Gasteiger partial charge on any atom is 0.155 e. The van der Waals surface area contributed by atoms with E-state index in [0.717, 1.165) is 17.5 Å². The number of aliphatic hydroxyl groups excluding tert-OH is 1. The number of rotatable bonds is 9. The van der Waals surface area contributed by atoms with Gasteiger partial charge in [0.15, 0.2) is 5.69 Å². The van der Waals surface area contributed by atoms with Crippen LogP contribution in [-0.2, 0) is 22.6 Å². The van der Waals surface area contributed by atoms with E-state index in [0.29, 0.717) is 42.1 Å². The molecule has 2 atom stereocenters. The molecule has 1 aromatic heterocycles. The lowest BCUT2D eigenvalue weighted by atomic mass is 9.74. The minimum absolute atomic E-state index is 0.0489. The monoisotopic (exact) mass is 410 g/mol. The molecular weight excluding hydrogens is 387 g/mol. The van der Waals surface area contributed by atoms with Crippen LogP contribution >= 0.6 is 0 Å². The molecule has 10 heteroatoms. The zero-order valence-corrected chi connectivity index (χ0v) is 16.4. The summed E-state index contributed by atoms with van der Waals surface area (Å²) in [6.07, 6.45) is 3.69. The number of benzene rings is 1. The molecule has 1 aliphatic rings. The zero-order valence-electron chi connectivity index (χ0n) is 15.5. The third kappa shape index (κ3) is 4.74. The molecule has 1 aliphatic carbocycles. The Morgan fingerprint density at radius 3 is 3.00 bits per heavy atom. The topological polar surface area (TPSA) is 121 Å². The first kappa shape index (κ1) is 20.4. The number of aromatic nitrogens is 2. The zero-order chi connectivity index (χ0) is 20.1. The van der Waals surface area contributed by atoms with Gasteiger partial charge in [0, 0.05) is 28.2 Å². The predicted molar refractivity (Wildman–Crippen MR) is 102 cm³/mol. The highest BCUT2D eigenvalue weighted by atomic mass is 32.2. The molecule has 0 radical (unpaired) electrons. The first-order valence-corrected chi connectivity index (χ1v) is 11.1. The van der Waals surface area contributed by atoms with Gasteiger partial charge in [0.2, 0.25) is 0 Å². The summed E-state index contributed by atoms with van der Waals surface area (Å²) in [6.45, 7) is 0.0174. The van der Waals surface area contributed by atoms with Crippen LogP contribution in [0, 0.1) is 5.82 Å². The summed E-state index contributed by atoms with van der Waals surface area (Å²) < 4.78 is 34.5. The summed E-state index contributed by atoms with van der Waals surface area (Å²) in [5.74, 6) is 0.109. The Labute approximate surface area is 162 Å². The van der Waals surface area contributed by atoms with Crippen LogP contribution < -0.4 is 0 Å². The van der Waals surface area contributed by atoms with E-state index in [1.54, 1.807) is 12.3 Å². The van der Waals surface area contributed by atoms with Crippen LogP contribution in [0.4, 0.5) is 4.39 Å². The molecule has 1 unspecified atom stereocenters. The van der Waals surface area contributed by atoms with Gasteiger partial charge >= 0.3 is 0 Å². The molecule has 0 bridgehead atoms. The summed E-state index contributed by atoms with van der Waals surface area (Å²) in [4.78, 5) is 0. The quantitative estimate of drug-likeness (QED) is 0.371. The first-order chi connectivity index (χ1) is 13.4. The van der Waals surface area contributed by atoms with E-state index in [9.17, 15) is 13.8 Å². The van der Waals surface area contributed by atoms with Crippen LogP contribution in [0.25, 0.3) is 0 Å². The largest absolute Gasteiger partial charge is 0.411 e. The van der Waals surface area contributed by atoms with E-state index in [-0.39, 0.29) is 24.9 Å². The number of halogens is 1. The number of aliphatic hydroxyl groups is 1. The standard InChI is InChI=1S/C18H23FN4O4S/c1-28(26,20-6-7-24)8-2-3-16-18(23-27-22-16)17(21-25)10-13-9-12-4-5-14(19)11-15(12)13/h4-5,11,13,24-25H,2-3,6-10H2,1H3/b21-17-/t13-,28?/m1/s1. The van der Waals surface area contributed by atoms with Crippen LogP contribution in [0.3, 0.4) is 0 Å². The summed E-state index contributed by atoms with van der Waals surface area (Å²) in [5, 5.41) is 29.4. The van der Waals surface area contributed by atoms with E-state index in [1.807, 2.05) is 0 Å². The molecule has 2 aromatic rings. The number of fused-ring (bicyclic) bond motifs is 1. The number of hydrogen-bond acceptors (Lipinski definition) is 8. The third-order valence-electron chi connectivity index (χ3n) is 4.81. The Hall–Kier alpha value is -2.33. The molecule has 1 aromatic carbocycles. The number of hydrogen-bond donors (Lipinski definition) is 2. The lowest BCUT2D eigenvalue weighted by Gasteiger charge is -2.30. The van der Waals surface area contributed by atoms with Gasteiger partial charge in [-0.1, -0.05) is 16.4 Å². The molecular formula is C18H23FN4O4S. The van der Waals surface area contributed by atoms with Gasteiger partial charge in [-0.05, 0) is 53.6 Å². The van der Waals surface area contributed by atoms with Crippen molar-refractivity contribution in [2.24, 2.45) is 9.52 Å². The SMILES string of the molecule is CS(=O)(CCCc1nonc1/C(C[C@H]1Cc2ccc(F)cc21)=N\O)=NCCO. The van der Waals surface area contributed by atoms with Crippen molar-refractivity contribution in [3.8, 4) is 0 Å². The van der Waals surface area contributed by atoms with Crippen molar-refractivity contribution >= 4 is 15.4 Å². The molecule has 1 heterocycles. The molecule has 0 saturated heterocycles. The van der Waals surface area contributed by atoms with Gasteiger partial charge in [-0.2, -0.15) is 0 Å². The van der Waals surface area contributed by atoms with Crippen molar-refractivity contribution in [2.75, 3.05) is 25.2 Å². The molecule has 28 heavy (non-hydrogen) atoms. The number of nitrogens with zero attached hydrogens (tertiary/aromatic N) is 4. The predicted octanol–water partition coefficient (Wildman–Crippen LogP) is 2.14. The maximum atomic E-state index is 13.5. The molecule has 2 N–H and O–H groups in total. The van der Waals surface area contributed by atoms with Crippen molar-refractivity contribution in [1.82, 2.24) is 10.3 Å². The Balaban J connectivity index is 1.64. The summed E-state index contributed by atoms with van der Waals surface area (Å²) in [6, 6.07) is 4.71. The molecule has 0 aliphatic heterocycles. The second kappa shape index (κ2) is 8.78. The Morgan fingerprint density at radius 2 is 2.25 bits per heavy atom. The molecule has 0 spiro atoms. The average molecular weight is 410 g/mol. The Morgan fingerprint density at radius 1 is 1.43 bits per heavy atom. The molecule has 0 fully saturated rings. The fraction of sp³-hybridized carbons (Fsp3) is 0.500. The van der Waals surface area contributed by atoms with Crippen molar-refractivity contribution in [1.29, 1.82) is 0 Å². The van der Waals surface area contributed by atoms with Crippen molar-refractivity contribution < 1.29 is 23.5 Å². The van der Waals surface area contributed by atoms with Gasteiger partial charge in [-0.15, -0.1) is 0 Å². The molecule has 0 amide bonds. The molecule has 0 saturated carbocycles. The smallest absolute Gasteiger partial charge is 0.155 e. The van der Waals surface area contributed by atoms with Gasteiger partial charge in [0.05, 0.1) is 13.2 Å². The molecule has 3 rings (SSSR count). The Kier molecular flexibility index (Phi) is 6.40. The fourth-order valence-electron chi connectivity index (χ4n) is 3.37. The van der Waals surface area contributed by atoms with E-state index in [4.69, 9.17) is 9.74 Å². The van der Waals surface area contributed by atoms with Crippen LogP contribution in [0.1, 0.15) is 41.3 Å². The highest BCUT2D eigenvalue weighted by Gasteiger charge is 2.30. The fourth-order valence-corrected chi connectivity index (χ4v) is 4.65. The van der Waals surface area contributed by atoms with Gasteiger partial charge in [-0.3, -0.25) is 4.21 Å². The van der Waals surface area contributed by atoms with Crippen LogP contribution in [-0.4, -0.2) is 55.7 Å². The maximum absolute atomic E-state index is 13.5. The Bertz CT molecular complexity index is 982. The summed E-state index contributed by atoms with van der Waals surface area (Å²) >= 11 is 0. The van der Waals surface area contributed by atoms with Crippen LogP contribution in [0.5, 0.6) is 0 Å². The van der Waals surface area contributed by atoms with Crippen LogP contribution in [0.15, 0.2) is 32.3 Å². The highest BCUT2D eigenvalue weighted by Crippen LogP contribution is 2.38. The number of aryl methyl sites for hydroxylation is 1. The minimum Gasteiger partial charge on any atom is -0.411 e. The van der Waals surface area contributed by atoms with E-state index in [1.165, 1.54) is 12.1 Å². The first-order valence-electron chi connectivity index (χ1n) is 9.01. The van der Waals surface area contributed by atoms with E-state index in [2.05, 4.69) is 19.8 Å².